The SMILES string of the molecule is CN1Cc2c(Cl)cc(Cl)cc2C(c2ccc(NC(=O)CCN)cc2)C1. The van der Waals surface area contributed by atoms with Crippen LogP contribution in [-0.4, -0.2) is 30.9 Å². The molecule has 25 heavy (non-hydrogen) atoms. The third kappa shape index (κ3) is 4.15. The van der Waals surface area contributed by atoms with Gasteiger partial charge in [0.1, 0.15) is 0 Å². The van der Waals surface area contributed by atoms with Crippen LogP contribution in [0.25, 0.3) is 0 Å². The van der Waals surface area contributed by atoms with Gasteiger partial charge in [0.25, 0.3) is 0 Å². The lowest BCUT2D eigenvalue weighted by Gasteiger charge is -2.33. The molecule has 0 bridgehead atoms. The minimum Gasteiger partial charge on any atom is -0.330 e. The van der Waals surface area contributed by atoms with Gasteiger partial charge in [-0.2, -0.15) is 0 Å². The molecule has 0 fully saturated rings. The molecule has 0 aliphatic carbocycles. The molecular formula is C19H21Cl2N3O. The molecule has 3 N–H and O–H groups in total. The number of rotatable bonds is 4. The smallest absolute Gasteiger partial charge is 0.225 e. The van der Waals surface area contributed by atoms with E-state index in [4.69, 9.17) is 28.9 Å². The van der Waals surface area contributed by atoms with Crippen LogP contribution in [0, 0.1) is 0 Å². The summed E-state index contributed by atoms with van der Waals surface area (Å²) >= 11 is 12.6. The number of nitrogens with one attached hydrogen (secondary N) is 1. The highest BCUT2D eigenvalue weighted by molar-refractivity contribution is 6.35. The summed E-state index contributed by atoms with van der Waals surface area (Å²) in [6.07, 6.45) is 0.319. The van der Waals surface area contributed by atoms with Crippen LogP contribution in [0.5, 0.6) is 0 Å². The van der Waals surface area contributed by atoms with E-state index in [0.717, 1.165) is 24.3 Å². The van der Waals surface area contributed by atoms with E-state index < -0.39 is 0 Å². The van der Waals surface area contributed by atoms with Gasteiger partial charge in [0.2, 0.25) is 5.91 Å². The lowest BCUT2D eigenvalue weighted by atomic mass is 9.84. The molecule has 0 radical (unpaired) electrons. The van der Waals surface area contributed by atoms with Gasteiger partial charge >= 0.3 is 0 Å². The quantitative estimate of drug-likeness (QED) is 0.850. The maximum atomic E-state index is 11.7. The largest absolute Gasteiger partial charge is 0.330 e. The predicted octanol–water partition coefficient (Wildman–Crippen LogP) is 3.86. The van der Waals surface area contributed by atoms with Gasteiger partial charge in [-0.25, -0.2) is 0 Å². The molecule has 1 aliphatic heterocycles. The number of carbonyl (C=O) groups is 1. The van der Waals surface area contributed by atoms with Crippen LogP contribution in [-0.2, 0) is 11.3 Å². The second kappa shape index (κ2) is 7.75. The Balaban J connectivity index is 1.88. The molecule has 4 nitrogen and oxygen atoms in total. The van der Waals surface area contributed by atoms with Crippen molar-refractivity contribution in [3.8, 4) is 0 Å². The molecule has 0 saturated carbocycles. The first-order chi connectivity index (χ1) is 12.0. The number of anilines is 1. The van der Waals surface area contributed by atoms with E-state index in [1.807, 2.05) is 30.3 Å². The van der Waals surface area contributed by atoms with E-state index in [1.54, 1.807) is 6.07 Å². The van der Waals surface area contributed by atoms with Crippen molar-refractivity contribution in [1.82, 2.24) is 4.90 Å². The van der Waals surface area contributed by atoms with Gasteiger partial charge in [-0.1, -0.05) is 35.3 Å². The molecule has 1 amide bonds. The summed E-state index contributed by atoms with van der Waals surface area (Å²) in [5.41, 5.74) is 9.65. The van der Waals surface area contributed by atoms with Crippen molar-refractivity contribution in [1.29, 1.82) is 0 Å². The van der Waals surface area contributed by atoms with E-state index in [0.29, 0.717) is 23.0 Å². The molecule has 1 atom stereocenters. The molecule has 2 aromatic rings. The molecule has 1 heterocycles. The number of hydrogen-bond donors (Lipinski definition) is 2. The summed E-state index contributed by atoms with van der Waals surface area (Å²) in [4.78, 5) is 13.9. The average molecular weight is 378 g/mol. The van der Waals surface area contributed by atoms with Gasteiger partial charge in [0.05, 0.1) is 0 Å². The van der Waals surface area contributed by atoms with Crippen molar-refractivity contribution >= 4 is 34.8 Å². The number of amides is 1. The highest BCUT2D eigenvalue weighted by Gasteiger charge is 2.27. The highest BCUT2D eigenvalue weighted by Crippen LogP contribution is 2.38. The molecule has 0 saturated heterocycles. The van der Waals surface area contributed by atoms with Crippen molar-refractivity contribution in [3.05, 3.63) is 63.1 Å². The summed E-state index contributed by atoms with van der Waals surface area (Å²) in [5, 5.41) is 4.22. The first-order valence-corrected chi connectivity index (χ1v) is 8.99. The van der Waals surface area contributed by atoms with Crippen molar-refractivity contribution in [3.63, 3.8) is 0 Å². The molecule has 3 rings (SSSR count). The zero-order chi connectivity index (χ0) is 18.0. The Hall–Kier alpha value is -1.59. The van der Waals surface area contributed by atoms with Crippen LogP contribution in [0.2, 0.25) is 10.0 Å². The number of nitrogens with two attached hydrogens (primary N) is 1. The van der Waals surface area contributed by atoms with Crippen LogP contribution in [0.4, 0.5) is 5.69 Å². The zero-order valence-corrected chi connectivity index (χ0v) is 15.6. The van der Waals surface area contributed by atoms with Crippen LogP contribution >= 0.6 is 23.2 Å². The normalized spacial score (nSPS) is 17.2. The van der Waals surface area contributed by atoms with Crippen molar-refractivity contribution in [2.24, 2.45) is 5.73 Å². The van der Waals surface area contributed by atoms with E-state index in [1.165, 1.54) is 11.1 Å². The third-order valence-electron chi connectivity index (χ3n) is 4.46. The van der Waals surface area contributed by atoms with Crippen LogP contribution < -0.4 is 11.1 Å². The molecule has 132 valence electrons. The Morgan fingerprint density at radius 2 is 2.00 bits per heavy atom. The Morgan fingerprint density at radius 1 is 1.28 bits per heavy atom. The number of halogens is 2. The van der Waals surface area contributed by atoms with Crippen molar-refractivity contribution in [2.45, 2.75) is 18.9 Å². The Morgan fingerprint density at radius 3 is 2.68 bits per heavy atom. The van der Waals surface area contributed by atoms with Crippen molar-refractivity contribution < 1.29 is 4.79 Å². The zero-order valence-electron chi connectivity index (χ0n) is 14.1. The molecule has 2 aromatic carbocycles. The highest BCUT2D eigenvalue weighted by atomic mass is 35.5. The van der Waals surface area contributed by atoms with Gasteiger partial charge in [-0.05, 0) is 48.0 Å². The van der Waals surface area contributed by atoms with Crippen LogP contribution in [0.1, 0.15) is 29.0 Å². The fourth-order valence-electron chi connectivity index (χ4n) is 3.28. The summed E-state index contributed by atoms with van der Waals surface area (Å²) < 4.78 is 0. The summed E-state index contributed by atoms with van der Waals surface area (Å²) in [5.74, 6) is 0.121. The molecular weight excluding hydrogens is 357 g/mol. The topological polar surface area (TPSA) is 58.4 Å². The molecule has 0 aromatic heterocycles. The molecule has 0 spiro atoms. The maximum Gasteiger partial charge on any atom is 0.225 e. The van der Waals surface area contributed by atoms with Gasteiger partial charge in [-0.15, -0.1) is 0 Å². The Bertz CT molecular complexity index is 777. The Labute approximate surface area is 157 Å². The number of fused-ring (bicyclic) bond motifs is 1. The monoisotopic (exact) mass is 377 g/mol. The standard InChI is InChI=1S/C19H21Cl2N3O/c1-24-10-16(15-8-13(20)9-18(21)17(15)11-24)12-2-4-14(5-3-12)23-19(25)6-7-22/h2-5,8-9,16H,6-7,10-11,22H2,1H3,(H,23,25). The van der Waals surface area contributed by atoms with Crippen LogP contribution in [0.15, 0.2) is 36.4 Å². The van der Waals surface area contributed by atoms with E-state index in [9.17, 15) is 4.79 Å². The molecule has 1 aliphatic rings. The summed E-state index contributed by atoms with van der Waals surface area (Å²) in [6.45, 7) is 2.05. The lowest BCUT2D eigenvalue weighted by molar-refractivity contribution is -0.116. The van der Waals surface area contributed by atoms with E-state index in [-0.39, 0.29) is 11.8 Å². The number of hydrogen-bond acceptors (Lipinski definition) is 3. The number of likely N-dealkylation sites (N-methyl/N-ethyl adjacent to an activating group) is 1. The fraction of sp³-hybridized carbons (Fsp3) is 0.316. The number of nitrogens with zero attached hydrogens (tertiary/aromatic N) is 1. The van der Waals surface area contributed by atoms with Gasteiger partial charge in [0.15, 0.2) is 0 Å². The van der Waals surface area contributed by atoms with Crippen LogP contribution in [0.3, 0.4) is 0 Å². The lowest BCUT2D eigenvalue weighted by Crippen LogP contribution is -2.31. The second-order valence-electron chi connectivity index (χ2n) is 6.41. The molecule has 1 unspecified atom stereocenters. The Kier molecular flexibility index (Phi) is 5.64. The van der Waals surface area contributed by atoms with Gasteiger partial charge in [0, 0.05) is 47.7 Å². The predicted molar refractivity (Wildman–Crippen MR) is 103 cm³/mol. The third-order valence-corrected chi connectivity index (χ3v) is 5.02. The summed E-state index contributed by atoms with van der Waals surface area (Å²) in [7, 11) is 2.09. The first kappa shape index (κ1) is 18.2. The van der Waals surface area contributed by atoms with E-state index in [2.05, 4.69) is 17.3 Å². The number of benzene rings is 2. The van der Waals surface area contributed by atoms with E-state index >= 15 is 0 Å². The maximum absolute atomic E-state index is 11.7. The second-order valence-corrected chi connectivity index (χ2v) is 7.26. The average Bonchev–Trinajstić information content (AvgIpc) is 2.56. The summed E-state index contributed by atoms with van der Waals surface area (Å²) in [6, 6.07) is 11.7. The van der Waals surface area contributed by atoms with Gasteiger partial charge in [-0.3, -0.25) is 4.79 Å². The molecule has 6 heteroatoms. The minimum atomic E-state index is -0.0726. The van der Waals surface area contributed by atoms with Gasteiger partial charge < -0.3 is 16.0 Å². The minimum absolute atomic E-state index is 0.0726. The fourth-order valence-corrected chi connectivity index (χ4v) is 3.85. The number of carbonyl (C=O) groups excluding carboxylic acids is 1. The first-order valence-electron chi connectivity index (χ1n) is 8.24. The van der Waals surface area contributed by atoms with Crippen molar-refractivity contribution in [2.75, 3.05) is 25.5 Å².